The van der Waals surface area contributed by atoms with Crippen molar-refractivity contribution in [1.82, 2.24) is 14.9 Å². The lowest BCUT2D eigenvalue weighted by atomic mass is 10.2. The zero-order valence-corrected chi connectivity index (χ0v) is 11.9. The molecular weight excluding hydrogens is 304 g/mol. The molecule has 1 N–H and O–H groups in total. The Morgan fingerprint density at radius 3 is 2.85 bits per heavy atom. The lowest BCUT2D eigenvalue weighted by Gasteiger charge is -2.06. The smallest absolute Gasteiger partial charge is 0.242 e. The Hall–Kier alpha value is -1.95. The van der Waals surface area contributed by atoms with Crippen LogP contribution in [0.2, 0.25) is 5.02 Å². The second kappa shape index (κ2) is 5.58. The first-order valence-electron chi connectivity index (χ1n) is 5.41. The maximum Gasteiger partial charge on any atom is 0.242 e. The number of nitriles is 1. The van der Waals surface area contributed by atoms with Crippen LogP contribution in [0.5, 0.6) is 0 Å². The molecule has 104 valence electrons. The molecule has 1 aromatic heterocycles. The number of hydrogen-bond donors (Lipinski definition) is 1. The number of nitrogens with zero attached hydrogens (tertiary/aromatic N) is 3. The average Bonchev–Trinajstić information content (AvgIpc) is 2.83. The minimum absolute atomic E-state index is 0.0285. The number of aryl methyl sites for hydroxylation is 1. The molecule has 0 bridgehead atoms. The number of hydrogen-bond acceptors (Lipinski definition) is 6. The summed E-state index contributed by atoms with van der Waals surface area (Å²) in [5.41, 5.74) is 0.199. The van der Waals surface area contributed by atoms with Gasteiger partial charge in [0.25, 0.3) is 0 Å². The fourth-order valence-corrected chi connectivity index (χ4v) is 2.93. The summed E-state index contributed by atoms with van der Waals surface area (Å²) < 4.78 is 31.2. The highest BCUT2D eigenvalue weighted by molar-refractivity contribution is 7.89. The van der Waals surface area contributed by atoms with E-state index in [-0.39, 0.29) is 27.9 Å². The van der Waals surface area contributed by atoms with Crippen molar-refractivity contribution in [2.75, 3.05) is 0 Å². The van der Waals surface area contributed by atoms with Crippen LogP contribution in [0.25, 0.3) is 0 Å². The van der Waals surface area contributed by atoms with Gasteiger partial charge in [-0.15, -0.1) is 0 Å². The number of benzene rings is 1. The molecule has 7 nitrogen and oxygen atoms in total. The van der Waals surface area contributed by atoms with Crippen molar-refractivity contribution < 1.29 is 12.9 Å². The van der Waals surface area contributed by atoms with Gasteiger partial charge in [0.1, 0.15) is 4.90 Å². The van der Waals surface area contributed by atoms with Gasteiger partial charge in [-0.2, -0.15) is 10.2 Å². The Labute approximate surface area is 120 Å². The van der Waals surface area contributed by atoms with Crippen LogP contribution in [0.4, 0.5) is 0 Å². The van der Waals surface area contributed by atoms with Crippen molar-refractivity contribution in [1.29, 1.82) is 5.26 Å². The van der Waals surface area contributed by atoms with Gasteiger partial charge in [0.05, 0.1) is 23.2 Å². The van der Waals surface area contributed by atoms with Gasteiger partial charge in [-0.05, 0) is 18.2 Å². The largest absolute Gasteiger partial charge is 0.340 e. The molecule has 9 heteroatoms. The minimum Gasteiger partial charge on any atom is -0.340 e. The van der Waals surface area contributed by atoms with Crippen molar-refractivity contribution in [2.24, 2.45) is 0 Å². The van der Waals surface area contributed by atoms with Crippen molar-refractivity contribution >= 4 is 21.6 Å². The summed E-state index contributed by atoms with van der Waals surface area (Å²) in [4.78, 5) is 3.71. The van der Waals surface area contributed by atoms with Crippen molar-refractivity contribution in [3.63, 3.8) is 0 Å². The van der Waals surface area contributed by atoms with Crippen LogP contribution in [-0.2, 0) is 16.6 Å². The van der Waals surface area contributed by atoms with Gasteiger partial charge in [-0.3, -0.25) is 0 Å². The van der Waals surface area contributed by atoms with E-state index in [1.165, 1.54) is 18.2 Å². The molecule has 0 unspecified atom stereocenters. The second-order valence-corrected chi connectivity index (χ2v) is 5.95. The number of nitrogens with one attached hydrogen (secondary N) is 1. The average molecular weight is 313 g/mol. The number of rotatable bonds is 4. The molecule has 0 saturated heterocycles. The standard InChI is InChI=1S/C11H9ClN4O3S/c1-7-15-11(16-19-7)6-14-20(17,18)10-4-8(5-13)2-3-9(10)12/h2-4,14H,6H2,1H3. The van der Waals surface area contributed by atoms with E-state index in [4.69, 9.17) is 21.4 Å². The molecular formula is C11H9ClN4O3S. The molecule has 0 fully saturated rings. The summed E-state index contributed by atoms with van der Waals surface area (Å²) >= 11 is 5.85. The maximum absolute atomic E-state index is 12.1. The molecule has 0 aliphatic heterocycles. The molecule has 2 rings (SSSR count). The normalized spacial score (nSPS) is 11.2. The van der Waals surface area contributed by atoms with E-state index in [2.05, 4.69) is 14.9 Å². The van der Waals surface area contributed by atoms with Gasteiger partial charge in [-0.1, -0.05) is 16.8 Å². The summed E-state index contributed by atoms with van der Waals surface area (Å²) in [7, 11) is -3.87. The van der Waals surface area contributed by atoms with E-state index in [0.717, 1.165) is 0 Å². The Morgan fingerprint density at radius 2 is 2.25 bits per heavy atom. The van der Waals surface area contributed by atoms with E-state index in [9.17, 15) is 8.42 Å². The third-order valence-electron chi connectivity index (χ3n) is 2.34. The minimum atomic E-state index is -3.87. The highest BCUT2D eigenvalue weighted by Gasteiger charge is 2.19. The predicted octanol–water partition coefficient (Wildman–Crippen LogP) is 1.38. The summed E-state index contributed by atoms with van der Waals surface area (Å²) in [5, 5.41) is 12.4. The molecule has 0 atom stereocenters. The third kappa shape index (κ3) is 3.14. The Kier molecular flexibility index (Phi) is 4.04. The van der Waals surface area contributed by atoms with Crippen molar-refractivity contribution in [3.05, 3.63) is 40.5 Å². The van der Waals surface area contributed by atoms with E-state index in [0.29, 0.717) is 5.89 Å². The highest BCUT2D eigenvalue weighted by Crippen LogP contribution is 2.22. The predicted molar refractivity (Wildman–Crippen MR) is 69.2 cm³/mol. The van der Waals surface area contributed by atoms with Crippen LogP contribution in [0.1, 0.15) is 17.3 Å². The first-order chi connectivity index (χ1) is 9.42. The molecule has 20 heavy (non-hydrogen) atoms. The van der Waals surface area contributed by atoms with Gasteiger partial charge in [0, 0.05) is 6.92 Å². The molecule has 2 aromatic rings. The first-order valence-corrected chi connectivity index (χ1v) is 7.27. The fourth-order valence-electron chi connectivity index (χ4n) is 1.43. The quantitative estimate of drug-likeness (QED) is 0.913. The highest BCUT2D eigenvalue weighted by atomic mass is 35.5. The van der Waals surface area contributed by atoms with Crippen LogP contribution in [-0.4, -0.2) is 18.6 Å². The van der Waals surface area contributed by atoms with Crippen LogP contribution in [0.3, 0.4) is 0 Å². The summed E-state index contributed by atoms with van der Waals surface area (Å²) in [6, 6.07) is 5.84. The second-order valence-electron chi connectivity index (χ2n) is 3.81. The van der Waals surface area contributed by atoms with Gasteiger partial charge >= 0.3 is 0 Å². The molecule has 1 aromatic carbocycles. The van der Waals surface area contributed by atoms with Crippen LogP contribution >= 0.6 is 11.6 Å². The first kappa shape index (κ1) is 14.5. The Balaban J connectivity index is 2.24. The zero-order valence-electron chi connectivity index (χ0n) is 10.3. The van der Waals surface area contributed by atoms with Gasteiger partial charge in [0.2, 0.25) is 15.9 Å². The molecule has 0 amide bonds. The van der Waals surface area contributed by atoms with Crippen LogP contribution in [0, 0.1) is 18.3 Å². The summed E-state index contributed by atoms with van der Waals surface area (Å²) in [6.45, 7) is 1.46. The fraction of sp³-hybridized carbons (Fsp3) is 0.182. The van der Waals surface area contributed by atoms with Gasteiger partial charge < -0.3 is 4.52 Å². The summed E-state index contributed by atoms with van der Waals surface area (Å²) in [5.74, 6) is 0.544. The zero-order chi connectivity index (χ0) is 14.8. The lowest BCUT2D eigenvalue weighted by Crippen LogP contribution is -2.24. The van der Waals surface area contributed by atoms with E-state index in [1.54, 1.807) is 6.92 Å². The molecule has 0 spiro atoms. The third-order valence-corrected chi connectivity index (χ3v) is 4.22. The number of aromatic nitrogens is 2. The Morgan fingerprint density at radius 1 is 1.50 bits per heavy atom. The Bertz CT molecular complexity index is 779. The summed E-state index contributed by atoms with van der Waals surface area (Å²) in [6.07, 6.45) is 0. The van der Waals surface area contributed by atoms with Crippen LogP contribution in [0.15, 0.2) is 27.6 Å². The molecule has 0 aliphatic carbocycles. The van der Waals surface area contributed by atoms with E-state index < -0.39 is 10.0 Å². The topological polar surface area (TPSA) is 109 Å². The van der Waals surface area contributed by atoms with E-state index in [1.807, 2.05) is 6.07 Å². The SMILES string of the molecule is Cc1nc(CNS(=O)(=O)c2cc(C#N)ccc2Cl)no1. The van der Waals surface area contributed by atoms with Gasteiger partial charge in [0.15, 0.2) is 5.82 Å². The van der Waals surface area contributed by atoms with Crippen LogP contribution < -0.4 is 4.72 Å². The number of sulfonamides is 1. The maximum atomic E-state index is 12.1. The molecule has 0 aliphatic rings. The van der Waals surface area contributed by atoms with Crippen molar-refractivity contribution in [2.45, 2.75) is 18.4 Å². The lowest BCUT2D eigenvalue weighted by molar-refractivity contribution is 0.387. The molecule has 0 radical (unpaired) electrons. The van der Waals surface area contributed by atoms with Gasteiger partial charge in [-0.25, -0.2) is 13.1 Å². The van der Waals surface area contributed by atoms with E-state index >= 15 is 0 Å². The van der Waals surface area contributed by atoms with Crippen molar-refractivity contribution in [3.8, 4) is 6.07 Å². The monoisotopic (exact) mass is 312 g/mol. The molecule has 0 saturated carbocycles. The molecule has 1 heterocycles. The number of halogens is 1.